The molecule has 9 heteroatoms. The maximum Gasteiger partial charge on any atom is 0.337 e. The van der Waals surface area contributed by atoms with Crippen molar-refractivity contribution >= 4 is 40.8 Å². The minimum Gasteiger partial charge on any atom is -0.490 e. The van der Waals surface area contributed by atoms with Gasteiger partial charge in [-0.05, 0) is 116 Å². The lowest BCUT2D eigenvalue weighted by atomic mass is 9.68. The molecule has 1 spiro atoms. The van der Waals surface area contributed by atoms with Gasteiger partial charge >= 0.3 is 5.97 Å². The van der Waals surface area contributed by atoms with Crippen molar-refractivity contribution < 1.29 is 19.1 Å². The summed E-state index contributed by atoms with van der Waals surface area (Å²) in [6.45, 7) is 4.33. The molecule has 0 saturated heterocycles. The van der Waals surface area contributed by atoms with Crippen molar-refractivity contribution in [2.24, 2.45) is 23.7 Å². The van der Waals surface area contributed by atoms with Gasteiger partial charge in [-0.15, -0.1) is 0 Å². The highest BCUT2D eigenvalue weighted by atomic mass is 35.5. The molecule has 0 N–H and O–H groups in total. The molecule has 7 rings (SSSR count). The second-order valence-corrected chi connectivity index (χ2v) is 15.8. The van der Waals surface area contributed by atoms with Crippen LogP contribution < -0.4 is 9.64 Å². The van der Waals surface area contributed by atoms with Crippen LogP contribution in [0.15, 0.2) is 72.2 Å². The third-order valence-corrected chi connectivity index (χ3v) is 12.9. The molecule has 0 unspecified atom stereocenters. The number of rotatable bonds is 8. The van der Waals surface area contributed by atoms with E-state index in [1.54, 1.807) is 30.2 Å². The Balaban J connectivity index is 1.10. The summed E-state index contributed by atoms with van der Waals surface area (Å²) in [4.78, 5) is 37.6. The minimum atomic E-state index is -0.370. The van der Waals surface area contributed by atoms with Gasteiger partial charge in [0.05, 0.1) is 25.0 Å². The number of anilines is 1. The summed E-state index contributed by atoms with van der Waals surface area (Å²) < 4.78 is 11.7. The summed E-state index contributed by atoms with van der Waals surface area (Å²) in [5, 5.41) is 2.03. The zero-order chi connectivity index (χ0) is 33.3. The van der Waals surface area contributed by atoms with E-state index in [-0.39, 0.29) is 29.0 Å². The number of aryl methyl sites for hydroxylation is 1. The monoisotopic (exact) mass is 685 g/mol. The Morgan fingerprint density at radius 2 is 1.96 bits per heavy atom. The van der Waals surface area contributed by atoms with E-state index in [1.807, 2.05) is 30.3 Å². The summed E-state index contributed by atoms with van der Waals surface area (Å²) in [6.07, 6.45) is 16.0. The van der Waals surface area contributed by atoms with Crippen LogP contribution in [0.3, 0.4) is 0 Å². The number of fused-ring (bicyclic) bond motifs is 3. The van der Waals surface area contributed by atoms with Crippen molar-refractivity contribution in [1.82, 2.24) is 9.97 Å². The summed E-state index contributed by atoms with van der Waals surface area (Å²) in [5.74, 6) is 1.66. The number of thioether (sulfide) groups is 1. The Hall–Kier alpha value is -3.36. The largest absolute Gasteiger partial charge is 0.490 e. The Kier molecular flexibility index (Phi) is 9.84. The van der Waals surface area contributed by atoms with E-state index in [2.05, 4.69) is 40.0 Å². The first-order valence-corrected chi connectivity index (χ1v) is 18.6. The van der Waals surface area contributed by atoms with Gasteiger partial charge in [0.1, 0.15) is 5.75 Å². The smallest absolute Gasteiger partial charge is 0.337 e. The lowest BCUT2D eigenvalue weighted by molar-refractivity contribution is -0.122. The maximum absolute atomic E-state index is 13.8. The zero-order valence-corrected chi connectivity index (χ0v) is 29.3. The SMILES string of the molecule is COC(=O)c1ccc2c(c1)N(C[C@@H]1CC[C@H]1C(=O)/C=C/[C@@H]1CCC[C@@H](Sc3ncccn3)[C@H]1C)C[C@@]1(CCCc3cc(Cl)ccc31)CO2. The number of hydrogen-bond donors (Lipinski definition) is 0. The summed E-state index contributed by atoms with van der Waals surface area (Å²) in [5.41, 5.74) is 3.76. The van der Waals surface area contributed by atoms with Gasteiger partial charge in [0.25, 0.3) is 0 Å². The average Bonchev–Trinajstić information content (AvgIpc) is 3.23. The number of nitrogens with zero attached hydrogens (tertiary/aromatic N) is 3. The van der Waals surface area contributed by atoms with E-state index >= 15 is 0 Å². The molecule has 48 heavy (non-hydrogen) atoms. The highest BCUT2D eigenvalue weighted by Crippen LogP contribution is 2.47. The van der Waals surface area contributed by atoms with E-state index in [0.717, 1.165) is 86.1 Å². The van der Waals surface area contributed by atoms with Gasteiger partial charge in [-0.2, -0.15) is 0 Å². The Morgan fingerprint density at radius 3 is 2.75 bits per heavy atom. The first-order chi connectivity index (χ1) is 23.3. The van der Waals surface area contributed by atoms with Gasteiger partial charge in [-0.25, -0.2) is 14.8 Å². The topological polar surface area (TPSA) is 81.6 Å². The highest BCUT2D eigenvalue weighted by Gasteiger charge is 2.44. The number of aromatic nitrogens is 2. The molecule has 0 radical (unpaired) electrons. The number of ether oxygens (including phenoxy) is 2. The van der Waals surface area contributed by atoms with Crippen molar-refractivity contribution in [3.63, 3.8) is 0 Å². The lowest BCUT2D eigenvalue weighted by Gasteiger charge is -2.44. The number of hydrogen-bond acceptors (Lipinski definition) is 8. The van der Waals surface area contributed by atoms with Crippen molar-refractivity contribution in [3.8, 4) is 5.75 Å². The quantitative estimate of drug-likeness (QED) is 0.134. The van der Waals surface area contributed by atoms with Crippen LogP contribution in [0.25, 0.3) is 0 Å². The van der Waals surface area contributed by atoms with Crippen LogP contribution in [0.2, 0.25) is 5.02 Å². The molecular formula is C39H44ClN3O4S. The molecule has 1 aromatic heterocycles. The first kappa shape index (κ1) is 33.2. The minimum absolute atomic E-state index is 0.00662. The molecule has 2 fully saturated rings. The van der Waals surface area contributed by atoms with Gasteiger partial charge in [0.2, 0.25) is 0 Å². The zero-order valence-electron chi connectivity index (χ0n) is 27.8. The third kappa shape index (κ3) is 6.75. The Morgan fingerprint density at radius 1 is 1.10 bits per heavy atom. The predicted octanol–water partition coefficient (Wildman–Crippen LogP) is 8.14. The number of esters is 1. The van der Waals surface area contributed by atoms with E-state index in [1.165, 1.54) is 18.2 Å². The molecule has 1 aliphatic heterocycles. The third-order valence-electron chi connectivity index (χ3n) is 11.3. The van der Waals surface area contributed by atoms with Crippen LogP contribution >= 0.6 is 23.4 Å². The molecule has 3 aromatic rings. The molecule has 252 valence electrons. The number of ketones is 1. The van der Waals surface area contributed by atoms with Gasteiger partial charge in [0.15, 0.2) is 10.9 Å². The molecule has 2 aromatic carbocycles. The second kappa shape index (κ2) is 14.2. The Labute approximate surface area is 292 Å². The van der Waals surface area contributed by atoms with Crippen molar-refractivity contribution in [2.75, 3.05) is 31.7 Å². The normalized spacial score (nSPS) is 28.1. The van der Waals surface area contributed by atoms with E-state index in [9.17, 15) is 9.59 Å². The number of methoxy groups -OCH3 is 1. The molecule has 0 amide bonds. The fraction of sp³-hybridized carbons (Fsp3) is 0.487. The van der Waals surface area contributed by atoms with Crippen molar-refractivity contribution in [3.05, 3.63) is 88.7 Å². The van der Waals surface area contributed by atoms with Crippen molar-refractivity contribution in [1.29, 1.82) is 0 Å². The van der Waals surface area contributed by atoms with Crippen LogP contribution in [-0.2, 0) is 21.4 Å². The summed E-state index contributed by atoms with van der Waals surface area (Å²) in [7, 11) is 1.41. The molecular weight excluding hydrogens is 642 g/mol. The van der Waals surface area contributed by atoms with Crippen LogP contribution in [0, 0.1) is 23.7 Å². The summed E-state index contributed by atoms with van der Waals surface area (Å²) >= 11 is 8.20. The average molecular weight is 686 g/mol. The van der Waals surface area contributed by atoms with Crippen LogP contribution in [0.4, 0.5) is 5.69 Å². The van der Waals surface area contributed by atoms with Crippen LogP contribution in [-0.4, -0.2) is 53.8 Å². The standard InChI is InChI=1S/C39H44ClN3O4S/c1-25-26(6-3-8-36(25)48-38-41-18-5-19-42-38)10-15-34(44)31-13-9-29(31)22-43-23-39(17-4-7-27-20-30(40)12-14-32(27)39)24-47-35-16-11-28(21-33(35)43)37(45)46-2/h5,10-12,14-16,18-21,25-26,29,31,36H,3-4,6-9,13,17,22-24H2,1-2H3/b15-10+/t25-,26-,29-,31+,36+,39-/m0/s1. The second-order valence-electron chi connectivity index (χ2n) is 14.1. The van der Waals surface area contributed by atoms with Crippen LogP contribution in [0.5, 0.6) is 5.75 Å². The lowest BCUT2D eigenvalue weighted by Crippen LogP contribution is -2.49. The van der Waals surface area contributed by atoms with E-state index in [0.29, 0.717) is 29.3 Å². The molecule has 0 bridgehead atoms. The molecule has 3 aliphatic carbocycles. The van der Waals surface area contributed by atoms with Gasteiger partial charge in [-0.3, -0.25) is 4.79 Å². The first-order valence-electron chi connectivity index (χ1n) is 17.4. The Bertz CT molecular complexity index is 1680. The number of benzene rings is 2. The molecule has 6 atom stereocenters. The number of carbonyl (C=O) groups is 2. The van der Waals surface area contributed by atoms with Crippen LogP contribution in [0.1, 0.15) is 73.4 Å². The molecule has 7 nitrogen and oxygen atoms in total. The fourth-order valence-corrected chi connectivity index (χ4v) is 9.83. The molecule has 2 heterocycles. The highest BCUT2D eigenvalue weighted by molar-refractivity contribution is 7.99. The predicted molar refractivity (Wildman–Crippen MR) is 190 cm³/mol. The number of allylic oxidation sites excluding steroid dienone is 2. The summed E-state index contributed by atoms with van der Waals surface area (Å²) in [6, 6.07) is 13.7. The van der Waals surface area contributed by atoms with Crippen molar-refractivity contribution in [2.45, 2.75) is 74.1 Å². The number of carbonyl (C=O) groups excluding carboxylic acids is 2. The van der Waals surface area contributed by atoms with Gasteiger partial charge in [-0.1, -0.05) is 48.8 Å². The maximum atomic E-state index is 13.8. The van der Waals surface area contributed by atoms with Gasteiger partial charge < -0.3 is 14.4 Å². The van der Waals surface area contributed by atoms with Gasteiger partial charge in [0, 0.05) is 47.1 Å². The van der Waals surface area contributed by atoms with E-state index in [4.69, 9.17) is 21.1 Å². The fourth-order valence-electron chi connectivity index (χ4n) is 8.42. The van der Waals surface area contributed by atoms with E-state index < -0.39 is 0 Å². The molecule has 4 aliphatic rings. The number of halogens is 1. The molecule has 2 saturated carbocycles.